The molecule has 108 valence electrons. The summed E-state index contributed by atoms with van der Waals surface area (Å²) < 4.78 is 0. The second-order valence-electron chi connectivity index (χ2n) is 6.68. The van der Waals surface area contributed by atoms with Gasteiger partial charge < -0.3 is 5.11 Å². The highest BCUT2D eigenvalue weighted by molar-refractivity contribution is 5.41. The summed E-state index contributed by atoms with van der Waals surface area (Å²) in [6.45, 7) is 0. The van der Waals surface area contributed by atoms with Crippen LogP contribution >= 0.6 is 0 Å². The number of aliphatic hydroxyl groups excluding tert-OH is 1. The molecule has 4 rings (SSSR count). The van der Waals surface area contributed by atoms with E-state index in [-0.39, 0.29) is 11.5 Å². The van der Waals surface area contributed by atoms with Gasteiger partial charge in [0.15, 0.2) is 0 Å². The first kappa shape index (κ1) is 13.1. The molecular weight excluding hydrogens is 256 g/mol. The Morgan fingerprint density at radius 1 is 0.905 bits per heavy atom. The van der Waals surface area contributed by atoms with Gasteiger partial charge in [0.1, 0.15) is 0 Å². The van der Waals surface area contributed by atoms with Crippen LogP contribution in [0.25, 0.3) is 0 Å². The van der Waals surface area contributed by atoms with E-state index >= 15 is 0 Å². The first-order valence-electron chi connectivity index (χ1n) is 8.14. The molecule has 2 aromatic rings. The predicted octanol–water partition coefficient (Wildman–Crippen LogP) is 4.72. The molecule has 1 atom stereocenters. The van der Waals surface area contributed by atoms with Crippen LogP contribution in [0.5, 0.6) is 0 Å². The summed E-state index contributed by atoms with van der Waals surface area (Å²) in [5.74, 6) is 0.669. The van der Waals surface area contributed by atoms with Gasteiger partial charge in [-0.25, -0.2) is 0 Å². The Kier molecular flexibility index (Phi) is 3.11. The molecule has 0 radical (unpaired) electrons. The van der Waals surface area contributed by atoms with E-state index < -0.39 is 0 Å². The third-order valence-electron chi connectivity index (χ3n) is 5.50. The summed E-state index contributed by atoms with van der Waals surface area (Å²) in [7, 11) is 0. The highest BCUT2D eigenvalue weighted by Crippen LogP contribution is 2.57. The van der Waals surface area contributed by atoms with Crippen molar-refractivity contribution >= 4 is 0 Å². The fraction of sp³-hybridized carbons (Fsp3) is 0.400. The van der Waals surface area contributed by atoms with E-state index in [9.17, 15) is 5.11 Å². The lowest BCUT2D eigenvalue weighted by molar-refractivity contribution is 0.131. The Labute approximate surface area is 126 Å². The number of rotatable bonds is 4. The molecule has 1 unspecified atom stereocenters. The van der Waals surface area contributed by atoms with E-state index in [2.05, 4.69) is 48.5 Å². The second kappa shape index (κ2) is 4.99. The van der Waals surface area contributed by atoms with E-state index in [4.69, 9.17) is 0 Å². The minimum Gasteiger partial charge on any atom is -0.387 e. The van der Waals surface area contributed by atoms with Crippen LogP contribution in [0.2, 0.25) is 0 Å². The summed E-state index contributed by atoms with van der Waals surface area (Å²) >= 11 is 0. The normalized spacial score (nSPS) is 21.6. The Morgan fingerprint density at radius 3 is 2.19 bits per heavy atom. The number of hydrogen-bond acceptors (Lipinski definition) is 1. The van der Waals surface area contributed by atoms with Crippen LogP contribution < -0.4 is 0 Å². The summed E-state index contributed by atoms with van der Waals surface area (Å²) in [5.41, 5.74) is 3.81. The topological polar surface area (TPSA) is 20.2 Å². The lowest BCUT2D eigenvalue weighted by atomic mass is 9.75. The fourth-order valence-corrected chi connectivity index (χ4v) is 3.77. The van der Waals surface area contributed by atoms with Crippen molar-refractivity contribution in [3.63, 3.8) is 0 Å². The van der Waals surface area contributed by atoms with E-state index in [1.165, 1.54) is 36.0 Å². The van der Waals surface area contributed by atoms with Gasteiger partial charge in [-0.15, -0.1) is 0 Å². The molecule has 0 heterocycles. The van der Waals surface area contributed by atoms with E-state index in [0.717, 1.165) is 12.8 Å². The molecule has 0 bridgehead atoms. The number of hydrogen-bond donors (Lipinski definition) is 1. The molecule has 1 nitrogen and oxygen atoms in total. The monoisotopic (exact) mass is 278 g/mol. The minimum atomic E-state index is -0.364. The van der Waals surface area contributed by atoms with E-state index in [1.807, 2.05) is 6.07 Å². The Balaban J connectivity index is 1.71. The molecule has 21 heavy (non-hydrogen) atoms. The highest BCUT2D eigenvalue weighted by Gasteiger charge is 2.51. The molecule has 2 fully saturated rings. The van der Waals surface area contributed by atoms with Gasteiger partial charge in [-0.3, -0.25) is 0 Å². The van der Waals surface area contributed by atoms with Gasteiger partial charge in [0.25, 0.3) is 0 Å². The van der Waals surface area contributed by atoms with Crippen molar-refractivity contribution in [2.45, 2.75) is 49.5 Å². The first-order chi connectivity index (χ1) is 10.3. The number of aliphatic hydroxyl groups is 1. The minimum absolute atomic E-state index is 0.0406. The van der Waals surface area contributed by atoms with Gasteiger partial charge in [-0.05, 0) is 48.3 Å². The first-order valence-corrected chi connectivity index (χ1v) is 8.14. The molecule has 0 aliphatic heterocycles. The molecule has 0 spiro atoms. The second-order valence-corrected chi connectivity index (χ2v) is 6.68. The van der Waals surface area contributed by atoms with E-state index in [0.29, 0.717) is 5.92 Å². The zero-order valence-electron chi connectivity index (χ0n) is 12.3. The van der Waals surface area contributed by atoms with Crippen LogP contribution in [0.15, 0.2) is 54.6 Å². The average Bonchev–Trinajstić information content (AvgIpc) is 3.28. The van der Waals surface area contributed by atoms with Crippen LogP contribution in [-0.2, 0) is 5.41 Å². The summed E-state index contributed by atoms with van der Waals surface area (Å²) in [5, 5.41) is 11.1. The van der Waals surface area contributed by atoms with Crippen LogP contribution in [-0.4, -0.2) is 5.11 Å². The molecule has 2 aliphatic rings. The maximum atomic E-state index is 11.1. The largest absolute Gasteiger partial charge is 0.387 e. The molecule has 1 heteroatoms. The molecule has 2 saturated carbocycles. The van der Waals surface area contributed by atoms with Gasteiger partial charge in [0.2, 0.25) is 0 Å². The summed E-state index contributed by atoms with van der Waals surface area (Å²) in [6, 6.07) is 19.1. The van der Waals surface area contributed by atoms with Crippen molar-refractivity contribution in [3.05, 3.63) is 71.3 Å². The van der Waals surface area contributed by atoms with Crippen molar-refractivity contribution in [3.8, 4) is 0 Å². The summed E-state index contributed by atoms with van der Waals surface area (Å²) in [4.78, 5) is 0. The zero-order chi connectivity index (χ0) is 14.3. The quantitative estimate of drug-likeness (QED) is 0.858. The third kappa shape index (κ3) is 2.11. The maximum absolute atomic E-state index is 11.1. The van der Waals surface area contributed by atoms with Crippen molar-refractivity contribution < 1.29 is 5.11 Å². The van der Waals surface area contributed by atoms with Gasteiger partial charge >= 0.3 is 0 Å². The lowest BCUT2D eigenvalue weighted by Crippen LogP contribution is -2.21. The smallest absolute Gasteiger partial charge is 0.0889 e. The maximum Gasteiger partial charge on any atom is 0.0889 e. The average molecular weight is 278 g/mol. The molecule has 0 amide bonds. The van der Waals surface area contributed by atoms with Gasteiger partial charge in [0, 0.05) is 5.41 Å². The fourth-order valence-electron chi connectivity index (χ4n) is 3.77. The Morgan fingerprint density at radius 2 is 1.57 bits per heavy atom. The molecule has 0 aromatic heterocycles. The van der Waals surface area contributed by atoms with Crippen molar-refractivity contribution in [2.75, 3.05) is 0 Å². The Bertz CT molecular complexity index is 623. The van der Waals surface area contributed by atoms with Gasteiger partial charge in [-0.2, -0.15) is 0 Å². The molecule has 2 aromatic carbocycles. The zero-order valence-corrected chi connectivity index (χ0v) is 12.3. The molecule has 1 N–H and O–H groups in total. The van der Waals surface area contributed by atoms with Crippen molar-refractivity contribution in [2.24, 2.45) is 0 Å². The number of benzene rings is 2. The molecule has 2 aliphatic carbocycles. The van der Waals surface area contributed by atoms with Crippen molar-refractivity contribution in [1.82, 2.24) is 0 Å². The van der Waals surface area contributed by atoms with Crippen LogP contribution in [0, 0.1) is 0 Å². The van der Waals surface area contributed by atoms with Crippen LogP contribution in [0.4, 0.5) is 0 Å². The SMILES string of the molecule is OC(c1ccccc1C1CCC1)C1(c2ccccc2)CC1. The predicted molar refractivity (Wildman–Crippen MR) is 85.3 cm³/mol. The van der Waals surface area contributed by atoms with Gasteiger partial charge in [-0.1, -0.05) is 61.0 Å². The van der Waals surface area contributed by atoms with Crippen LogP contribution in [0.1, 0.15) is 60.8 Å². The van der Waals surface area contributed by atoms with Crippen molar-refractivity contribution in [1.29, 1.82) is 0 Å². The lowest BCUT2D eigenvalue weighted by Gasteiger charge is -2.32. The Hall–Kier alpha value is -1.60. The standard InChI is InChI=1S/C20H22O/c21-19(20(13-14-20)16-9-2-1-3-10-16)18-12-5-4-11-17(18)15-7-6-8-15/h1-5,9-12,15,19,21H,6-8,13-14H2. The third-order valence-corrected chi connectivity index (χ3v) is 5.50. The van der Waals surface area contributed by atoms with Gasteiger partial charge in [0.05, 0.1) is 6.10 Å². The highest BCUT2D eigenvalue weighted by atomic mass is 16.3. The molecular formula is C20H22O. The molecule has 0 saturated heterocycles. The van der Waals surface area contributed by atoms with E-state index in [1.54, 1.807) is 0 Å². The summed E-state index contributed by atoms with van der Waals surface area (Å²) in [6.07, 6.45) is 5.72. The van der Waals surface area contributed by atoms with Crippen LogP contribution in [0.3, 0.4) is 0 Å².